The SMILES string of the molecule is COc1ccc(C(C)n2c(-c3ccccc3Cl)nc3ccccc3c2=O)cc1OC. The Morgan fingerprint density at radius 3 is 2.37 bits per heavy atom. The van der Waals surface area contributed by atoms with Gasteiger partial charge >= 0.3 is 0 Å². The highest BCUT2D eigenvalue weighted by atomic mass is 35.5. The third-order valence-electron chi connectivity index (χ3n) is 5.20. The molecule has 6 heteroatoms. The van der Waals surface area contributed by atoms with Crippen molar-refractivity contribution >= 4 is 22.5 Å². The Labute approximate surface area is 179 Å². The molecular weight excluding hydrogens is 400 g/mol. The lowest BCUT2D eigenvalue weighted by Gasteiger charge is -2.22. The number of halogens is 1. The largest absolute Gasteiger partial charge is 0.493 e. The van der Waals surface area contributed by atoms with E-state index in [0.717, 1.165) is 5.56 Å². The van der Waals surface area contributed by atoms with Crippen LogP contribution in [0.3, 0.4) is 0 Å². The summed E-state index contributed by atoms with van der Waals surface area (Å²) in [7, 11) is 3.18. The molecule has 1 unspecified atom stereocenters. The molecule has 0 radical (unpaired) electrons. The van der Waals surface area contributed by atoms with Crippen molar-refractivity contribution in [1.29, 1.82) is 0 Å². The fraction of sp³-hybridized carbons (Fsp3) is 0.167. The Balaban J connectivity index is 2.00. The summed E-state index contributed by atoms with van der Waals surface area (Å²) in [6.07, 6.45) is 0. The first-order valence-corrected chi connectivity index (χ1v) is 9.91. The molecule has 0 aliphatic carbocycles. The smallest absolute Gasteiger partial charge is 0.262 e. The number of fused-ring (bicyclic) bond motifs is 1. The highest BCUT2D eigenvalue weighted by Gasteiger charge is 2.21. The van der Waals surface area contributed by atoms with Gasteiger partial charge in [-0.2, -0.15) is 0 Å². The van der Waals surface area contributed by atoms with E-state index in [2.05, 4.69) is 0 Å². The van der Waals surface area contributed by atoms with Crippen LogP contribution in [0, 0.1) is 0 Å². The summed E-state index contributed by atoms with van der Waals surface area (Å²) in [5.74, 6) is 1.75. The van der Waals surface area contributed by atoms with Gasteiger partial charge in [0.05, 0.1) is 36.2 Å². The van der Waals surface area contributed by atoms with Crippen molar-refractivity contribution in [2.45, 2.75) is 13.0 Å². The molecule has 152 valence electrons. The van der Waals surface area contributed by atoms with Crippen molar-refractivity contribution in [3.63, 3.8) is 0 Å². The van der Waals surface area contributed by atoms with Gasteiger partial charge in [0.1, 0.15) is 5.82 Å². The molecule has 3 aromatic carbocycles. The van der Waals surface area contributed by atoms with Gasteiger partial charge in [0.2, 0.25) is 0 Å². The topological polar surface area (TPSA) is 53.4 Å². The molecule has 5 nitrogen and oxygen atoms in total. The van der Waals surface area contributed by atoms with Crippen LogP contribution < -0.4 is 15.0 Å². The minimum atomic E-state index is -0.319. The van der Waals surface area contributed by atoms with Gasteiger partial charge < -0.3 is 9.47 Å². The number of aromatic nitrogens is 2. The summed E-state index contributed by atoms with van der Waals surface area (Å²) < 4.78 is 12.5. The Kier molecular flexibility index (Phi) is 5.46. The van der Waals surface area contributed by atoms with E-state index in [1.807, 2.05) is 61.5 Å². The van der Waals surface area contributed by atoms with Gasteiger partial charge in [-0.1, -0.05) is 41.9 Å². The fourth-order valence-electron chi connectivity index (χ4n) is 3.60. The van der Waals surface area contributed by atoms with Crippen molar-refractivity contribution in [1.82, 2.24) is 9.55 Å². The predicted octanol–water partition coefficient (Wildman–Crippen LogP) is 5.34. The summed E-state index contributed by atoms with van der Waals surface area (Å²) in [6, 6.07) is 20.0. The van der Waals surface area contributed by atoms with Crippen LogP contribution in [0.4, 0.5) is 0 Å². The van der Waals surface area contributed by atoms with E-state index in [4.69, 9.17) is 26.1 Å². The Morgan fingerprint density at radius 1 is 0.933 bits per heavy atom. The summed E-state index contributed by atoms with van der Waals surface area (Å²) in [5.41, 5.74) is 2.10. The molecule has 0 bridgehead atoms. The Hall–Kier alpha value is -3.31. The molecule has 1 atom stereocenters. The van der Waals surface area contributed by atoms with Gasteiger partial charge in [-0.3, -0.25) is 9.36 Å². The number of methoxy groups -OCH3 is 2. The van der Waals surface area contributed by atoms with Crippen LogP contribution in [0.2, 0.25) is 5.02 Å². The summed E-state index contributed by atoms with van der Waals surface area (Å²) in [5, 5.41) is 1.09. The average molecular weight is 421 g/mol. The molecule has 0 saturated carbocycles. The summed E-state index contributed by atoms with van der Waals surface area (Å²) in [4.78, 5) is 18.4. The van der Waals surface area contributed by atoms with Crippen LogP contribution in [0.15, 0.2) is 71.5 Å². The Morgan fingerprint density at radius 2 is 1.63 bits per heavy atom. The lowest BCUT2D eigenvalue weighted by Crippen LogP contribution is -2.27. The van der Waals surface area contributed by atoms with Crippen LogP contribution in [-0.4, -0.2) is 23.8 Å². The van der Waals surface area contributed by atoms with Crippen molar-refractivity contribution in [2.24, 2.45) is 0 Å². The lowest BCUT2D eigenvalue weighted by atomic mass is 10.1. The van der Waals surface area contributed by atoms with Crippen LogP contribution in [0.25, 0.3) is 22.3 Å². The third-order valence-corrected chi connectivity index (χ3v) is 5.53. The van der Waals surface area contributed by atoms with E-state index in [0.29, 0.717) is 38.8 Å². The van der Waals surface area contributed by atoms with Crippen LogP contribution in [0.5, 0.6) is 11.5 Å². The second kappa shape index (κ2) is 8.20. The quantitative estimate of drug-likeness (QED) is 0.437. The molecule has 0 fully saturated rings. The second-order valence-electron chi connectivity index (χ2n) is 6.90. The lowest BCUT2D eigenvalue weighted by molar-refractivity contribution is 0.354. The Bertz CT molecular complexity index is 1280. The van der Waals surface area contributed by atoms with Crippen molar-refractivity contribution in [3.8, 4) is 22.9 Å². The number of ether oxygens (including phenoxy) is 2. The number of para-hydroxylation sites is 1. The van der Waals surface area contributed by atoms with E-state index in [1.165, 1.54) is 0 Å². The minimum absolute atomic E-state index is 0.127. The van der Waals surface area contributed by atoms with Gasteiger partial charge in [0.25, 0.3) is 5.56 Å². The first-order chi connectivity index (χ1) is 14.5. The van der Waals surface area contributed by atoms with E-state index in [1.54, 1.807) is 30.9 Å². The van der Waals surface area contributed by atoms with Crippen LogP contribution >= 0.6 is 11.6 Å². The molecular formula is C24H21ClN2O3. The van der Waals surface area contributed by atoms with Crippen LogP contribution in [-0.2, 0) is 0 Å². The van der Waals surface area contributed by atoms with Gasteiger partial charge in [-0.05, 0) is 48.9 Å². The molecule has 4 aromatic rings. The number of benzene rings is 3. The van der Waals surface area contributed by atoms with Gasteiger partial charge in [0.15, 0.2) is 11.5 Å². The molecule has 1 aromatic heterocycles. The van der Waals surface area contributed by atoms with E-state index in [9.17, 15) is 4.79 Å². The molecule has 0 amide bonds. The molecule has 1 heterocycles. The number of rotatable bonds is 5. The zero-order valence-electron chi connectivity index (χ0n) is 16.9. The molecule has 0 aliphatic heterocycles. The third kappa shape index (κ3) is 3.42. The highest BCUT2D eigenvalue weighted by molar-refractivity contribution is 6.33. The molecule has 0 aliphatic rings. The maximum absolute atomic E-state index is 13.6. The normalized spacial score (nSPS) is 12.0. The van der Waals surface area contributed by atoms with Gasteiger partial charge in [-0.15, -0.1) is 0 Å². The van der Waals surface area contributed by atoms with E-state index < -0.39 is 0 Å². The molecule has 0 N–H and O–H groups in total. The van der Waals surface area contributed by atoms with Gasteiger partial charge in [-0.25, -0.2) is 4.98 Å². The standard InChI is InChI=1S/C24H21ClN2O3/c1-15(16-12-13-21(29-2)22(14-16)30-3)27-23(17-8-4-6-10-19(17)25)26-20-11-7-5-9-18(20)24(27)28/h4-15H,1-3H3. The zero-order valence-corrected chi connectivity index (χ0v) is 17.7. The van der Waals surface area contributed by atoms with Gasteiger partial charge in [0, 0.05) is 5.56 Å². The molecule has 30 heavy (non-hydrogen) atoms. The first-order valence-electron chi connectivity index (χ1n) is 9.53. The van der Waals surface area contributed by atoms with E-state index in [-0.39, 0.29) is 11.6 Å². The highest BCUT2D eigenvalue weighted by Crippen LogP contribution is 2.34. The maximum Gasteiger partial charge on any atom is 0.262 e. The summed E-state index contributed by atoms with van der Waals surface area (Å²) in [6.45, 7) is 1.96. The molecule has 0 saturated heterocycles. The number of nitrogens with zero attached hydrogens (tertiary/aromatic N) is 2. The average Bonchev–Trinajstić information content (AvgIpc) is 2.78. The minimum Gasteiger partial charge on any atom is -0.493 e. The van der Waals surface area contributed by atoms with Crippen LogP contribution in [0.1, 0.15) is 18.5 Å². The van der Waals surface area contributed by atoms with Crippen molar-refractivity contribution in [2.75, 3.05) is 14.2 Å². The van der Waals surface area contributed by atoms with E-state index >= 15 is 0 Å². The summed E-state index contributed by atoms with van der Waals surface area (Å²) >= 11 is 6.48. The monoisotopic (exact) mass is 420 g/mol. The maximum atomic E-state index is 13.6. The number of hydrogen-bond donors (Lipinski definition) is 0. The molecule has 4 rings (SSSR count). The predicted molar refractivity (Wildman–Crippen MR) is 120 cm³/mol. The second-order valence-corrected chi connectivity index (χ2v) is 7.31. The first kappa shape index (κ1) is 20.0. The van der Waals surface area contributed by atoms with Crippen molar-refractivity contribution in [3.05, 3.63) is 87.7 Å². The van der Waals surface area contributed by atoms with Crippen molar-refractivity contribution < 1.29 is 9.47 Å². The zero-order chi connectivity index (χ0) is 21.3. The molecule has 0 spiro atoms. The fourth-order valence-corrected chi connectivity index (χ4v) is 3.82. The number of hydrogen-bond acceptors (Lipinski definition) is 4.